The van der Waals surface area contributed by atoms with Gasteiger partial charge in [-0.2, -0.15) is 0 Å². The van der Waals surface area contributed by atoms with Crippen molar-refractivity contribution >= 4 is 12.0 Å². The first-order valence-corrected chi connectivity index (χ1v) is 4.15. The van der Waals surface area contributed by atoms with Gasteiger partial charge >= 0.3 is 0 Å². The fourth-order valence-electron chi connectivity index (χ4n) is 1.76. The fourth-order valence-corrected chi connectivity index (χ4v) is 1.76. The second-order valence-electron chi connectivity index (χ2n) is 3.21. The molecule has 1 aromatic rings. The summed E-state index contributed by atoms with van der Waals surface area (Å²) >= 11 is 0. The summed E-state index contributed by atoms with van der Waals surface area (Å²) < 4.78 is 0. The van der Waals surface area contributed by atoms with Crippen LogP contribution in [0, 0.1) is 0 Å². The lowest BCUT2D eigenvalue weighted by molar-refractivity contribution is 0.112. The molecule has 0 saturated carbocycles. The summed E-state index contributed by atoms with van der Waals surface area (Å²) in [5.74, 6) is 0.460. The third-order valence-corrected chi connectivity index (χ3v) is 2.36. The van der Waals surface area contributed by atoms with Gasteiger partial charge in [-0.1, -0.05) is 19.1 Å². The van der Waals surface area contributed by atoms with Crippen molar-refractivity contribution in [2.45, 2.75) is 12.8 Å². The van der Waals surface area contributed by atoms with Gasteiger partial charge in [-0.25, -0.2) is 0 Å². The Hall–Kier alpha value is -1.31. The number of carbonyl (C=O) groups is 1. The molecule has 1 aromatic carbocycles. The van der Waals surface area contributed by atoms with Crippen LogP contribution in [-0.2, 0) is 0 Å². The molecule has 2 nitrogen and oxygen atoms in total. The molecule has 0 bridgehead atoms. The van der Waals surface area contributed by atoms with Crippen molar-refractivity contribution in [1.29, 1.82) is 0 Å². The molecule has 12 heavy (non-hydrogen) atoms. The highest BCUT2D eigenvalue weighted by atomic mass is 16.1. The molecule has 0 aromatic heterocycles. The maximum atomic E-state index is 10.7. The molecule has 0 fully saturated rings. The van der Waals surface area contributed by atoms with Gasteiger partial charge in [0.1, 0.15) is 6.29 Å². The molecule has 1 aliphatic heterocycles. The predicted octanol–water partition coefficient (Wildman–Crippen LogP) is 2.03. The molecule has 1 atom stereocenters. The summed E-state index contributed by atoms with van der Waals surface area (Å²) in [4.78, 5) is 10.7. The van der Waals surface area contributed by atoms with E-state index in [9.17, 15) is 4.79 Å². The summed E-state index contributed by atoms with van der Waals surface area (Å²) in [5, 5.41) is 3.27. The number of aldehydes is 1. The topological polar surface area (TPSA) is 29.1 Å². The lowest BCUT2D eigenvalue weighted by Gasteiger charge is -2.04. The van der Waals surface area contributed by atoms with Crippen molar-refractivity contribution in [3.63, 3.8) is 0 Å². The molecule has 1 aliphatic rings. The van der Waals surface area contributed by atoms with E-state index in [4.69, 9.17) is 0 Å². The smallest absolute Gasteiger partial charge is 0.150 e. The Morgan fingerprint density at radius 3 is 3.17 bits per heavy atom. The quantitative estimate of drug-likeness (QED) is 0.638. The molecular formula is C10H11NO. The van der Waals surface area contributed by atoms with Crippen molar-refractivity contribution in [3.05, 3.63) is 29.3 Å². The number of carbonyl (C=O) groups excluding carboxylic acids is 1. The van der Waals surface area contributed by atoms with Gasteiger partial charge in [0, 0.05) is 23.7 Å². The average Bonchev–Trinajstić information content (AvgIpc) is 2.48. The first-order chi connectivity index (χ1) is 5.83. The van der Waals surface area contributed by atoms with Crippen LogP contribution in [0.4, 0.5) is 5.69 Å². The van der Waals surface area contributed by atoms with E-state index >= 15 is 0 Å². The minimum Gasteiger partial charge on any atom is -0.384 e. The SMILES string of the molecule is CC1CNc2cccc(C=O)c21. The Balaban J connectivity index is 2.60. The third kappa shape index (κ3) is 0.916. The first-order valence-electron chi connectivity index (χ1n) is 4.15. The number of anilines is 1. The zero-order valence-corrected chi connectivity index (χ0v) is 7.00. The van der Waals surface area contributed by atoms with E-state index in [-0.39, 0.29) is 0 Å². The van der Waals surface area contributed by atoms with Gasteiger partial charge in [0.2, 0.25) is 0 Å². The maximum absolute atomic E-state index is 10.7. The van der Waals surface area contributed by atoms with Crippen LogP contribution in [0.2, 0.25) is 0 Å². The summed E-state index contributed by atoms with van der Waals surface area (Å²) in [7, 11) is 0. The van der Waals surface area contributed by atoms with Crippen LogP contribution in [-0.4, -0.2) is 12.8 Å². The molecule has 0 radical (unpaired) electrons. The Kier molecular flexibility index (Phi) is 1.61. The Morgan fingerprint density at radius 1 is 1.58 bits per heavy atom. The number of benzene rings is 1. The zero-order valence-electron chi connectivity index (χ0n) is 7.00. The molecule has 1 unspecified atom stereocenters. The van der Waals surface area contributed by atoms with Gasteiger partial charge in [0.15, 0.2) is 0 Å². The van der Waals surface area contributed by atoms with Crippen LogP contribution in [0.25, 0.3) is 0 Å². The van der Waals surface area contributed by atoms with Gasteiger partial charge in [-0.15, -0.1) is 0 Å². The highest BCUT2D eigenvalue weighted by Gasteiger charge is 2.20. The van der Waals surface area contributed by atoms with Crippen LogP contribution in [0.15, 0.2) is 18.2 Å². The highest BCUT2D eigenvalue weighted by molar-refractivity contribution is 5.82. The molecule has 1 heterocycles. The molecular weight excluding hydrogens is 150 g/mol. The van der Waals surface area contributed by atoms with Crippen LogP contribution in [0.3, 0.4) is 0 Å². The third-order valence-electron chi connectivity index (χ3n) is 2.36. The van der Waals surface area contributed by atoms with Crippen molar-refractivity contribution in [2.75, 3.05) is 11.9 Å². The van der Waals surface area contributed by atoms with Gasteiger partial charge in [0.05, 0.1) is 0 Å². The summed E-state index contributed by atoms with van der Waals surface area (Å²) in [6.07, 6.45) is 0.933. The van der Waals surface area contributed by atoms with Gasteiger partial charge in [-0.05, 0) is 11.6 Å². The van der Waals surface area contributed by atoms with E-state index in [1.54, 1.807) is 0 Å². The lowest BCUT2D eigenvalue weighted by atomic mass is 9.98. The second kappa shape index (κ2) is 2.63. The summed E-state index contributed by atoms with van der Waals surface area (Å²) in [6.45, 7) is 3.08. The van der Waals surface area contributed by atoms with E-state index in [1.165, 1.54) is 5.56 Å². The van der Waals surface area contributed by atoms with E-state index in [1.807, 2.05) is 18.2 Å². The number of nitrogens with one attached hydrogen (secondary N) is 1. The molecule has 0 aliphatic carbocycles. The average molecular weight is 161 g/mol. The maximum Gasteiger partial charge on any atom is 0.150 e. The normalized spacial score (nSPS) is 19.9. The predicted molar refractivity (Wildman–Crippen MR) is 48.7 cm³/mol. The monoisotopic (exact) mass is 161 g/mol. The van der Waals surface area contributed by atoms with E-state index < -0.39 is 0 Å². The molecule has 0 spiro atoms. The van der Waals surface area contributed by atoms with E-state index in [2.05, 4.69) is 12.2 Å². The minimum atomic E-state index is 0.460. The minimum absolute atomic E-state index is 0.460. The van der Waals surface area contributed by atoms with Crippen molar-refractivity contribution in [3.8, 4) is 0 Å². The van der Waals surface area contributed by atoms with Crippen LogP contribution >= 0.6 is 0 Å². The molecule has 2 rings (SSSR count). The lowest BCUT2D eigenvalue weighted by Crippen LogP contribution is -1.97. The number of fused-ring (bicyclic) bond motifs is 1. The number of rotatable bonds is 1. The Morgan fingerprint density at radius 2 is 2.42 bits per heavy atom. The summed E-state index contributed by atoms with van der Waals surface area (Å²) in [5.41, 5.74) is 3.12. The van der Waals surface area contributed by atoms with Crippen LogP contribution in [0.5, 0.6) is 0 Å². The Bertz CT molecular complexity index is 320. The second-order valence-corrected chi connectivity index (χ2v) is 3.21. The van der Waals surface area contributed by atoms with Crippen LogP contribution < -0.4 is 5.32 Å². The van der Waals surface area contributed by atoms with Crippen molar-refractivity contribution < 1.29 is 4.79 Å². The molecule has 1 N–H and O–H groups in total. The van der Waals surface area contributed by atoms with Crippen LogP contribution in [0.1, 0.15) is 28.8 Å². The van der Waals surface area contributed by atoms with Crippen molar-refractivity contribution in [2.24, 2.45) is 0 Å². The Labute approximate surface area is 71.6 Å². The van der Waals surface area contributed by atoms with Gasteiger partial charge < -0.3 is 5.32 Å². The largest absolute Gasteiger partial charge is 0.384 e. The number of hydrogen-bond donors (Lipinski definition) is 1. The molecule has 0 amide bonds. The molecule has 62 valence electrons. The van der Waals surface area contributed by atoms with E-state index in [0.29, 0.717) is 5.92 Å². The van der Waals surface area contributed by atoms with Crippen molar-refractivity contribution in [1.82, 2.24) is 0 Å². The highest BCUT2D eigenvalue weighted by Crippen LogP contribution is 2.32. The van der Waals surface area contributed by atoms with E-state index in [0.717, 1.165) is 24.1 Å². The summed E-state index contributed by atoms with van der Waals surface area (Å²) in [6, 6.07) is 5.80. The fraction of sp³-hybridized carbons (Fsp3) is 0.300. The zero-order chi connectivity index (χ0) is 8.55. The van der Waals surface area contributed by atoms with Gasteiger partial charge in [-0.3, -0.25) is 4.79 Å². The molecule has 0 saturated heterocycles. The first kappa shape index (κ1) is 7.35. The molecule has 2 heteroatoms. The number of hydrogen-bond acceptors (Lipinski definition) is 2. The van der Waals surface area contributed by atoms with Gasteiger partial charge in [0.25, 0.3) is 0 Å². The standard InChI is InChI=1S/C10H11NO/c1-7-5-11-9-4-2-3-8(6-12)10(7)9/h2-4,6-7,11H,5H2,1H3.